The van der Waals surface area contributed by atoms with E-state index in [-0.39, 0.29) is 0 Å². The summed E-state index contributed by atoms with van der Waals surface area (Å²) in [5, 5.41) is 7.52. The first-order valence-electron chi connectivity index (χ1n) is 24.2. The van der Waals surface area contributed by atoms with E-state index < -0.39 is 5.41 Å². The van der Waals surface area contributed by atoms with Crippen molar-refractivity contribution < 1.29 is 0 Å². The molecule has 2 aliphatic rings. The monoisotopic (exact) mass is 892 g/mol. The van der Waals surface area contributed by atoms with Crippen LogP contribution in [0.4, 0.5) is 28.4 Å². The molecule has 1 aliphatic carbocycles. The van der Waals surface area contributed by atoms with Crippen molar-refractivity contribution in [2.45, 2.75) is 5.41 Å². The Morgan fingerprint density at radius 2 is 0.914 bits per heavy atom. The van der Waals surface area contributed by atoms with Gasteiger partial charge >= 0.3 is 0 Å². The number of para-hydroxylation sites is 1. The normalized spacial score (nSPS) is 14.6. The van der Waals surface area contributed by atoms with Gasteiger partial charge in [-0.05, 0) is 143 Å². The number of anilines is 5. The second kappa shape index (κ2) is 17.0. The predicted octanol–water partition coefficient (Wildman–Crippen LogP) is 17.9. The number of nitrogens with zero attached hydrogens (tertiary/aromatic N) is 2. The lowest BCUT2D eigenvalue weighted by atomic mass is 9.67. The van der Waals surface area contributed by atoms with Gasteiger partial charge in [0.1, 0.15) is 0 Å². The maximum atomic E-state index is 4.56. The third-order valence-electron chi connectivity index (χ3n) is 14.7. The van der Waals surface area contributed by atoms with Crippen molar-refractivity contribution in [3.05, 3.63) is 301 Å². The van der Waals surface area contributed by atoms with E-state index >= 15 is 0 Å². The Kier molecular flexibility index (Phi) is 9.99. The van der Waals surface area contributed by atoms with Crippen molar-refractivity contribution in [2.24, 2.45) is 0 Å². The van der Waals surface area contributed by atoms with Gasteiger partial charge in [-0.1, -0.05) is 213 Å². The first-order valence-corrected chi connectivity index (χ1v) is 24.2. The van der Waals surface area contributed by atoms with Crippen LogP contribution in [0.15, 0.2) is 274 Å². The summed E-state index contributed by atoms with van der Waals surface area (Å²) in [5.41, 5.74) is 17.0. The number of allylic oxidation sites excluding steroid dienone is 4. The van der Waals surface area contributed by atoms with E-state index in [4.69, 9.17) is 0 Å². The molecule has 11 aromatic carbocycles. The Hall–Kier alpha value is -8.98. The fourth-order valence-corrected chi connectivity index (χ4v) is 11.5. The van der Waals surface area contributed by atoms with Crippen LogP contribution in [-0.2, 0) is 5.41 Å². The molecule has 11 aromatic rings. The van der Waals surface area contributed by atoms with Gasteiger partial charge in [0.15, 0.2) is 0 Å². The highest BCUT2D eigenvalue weighted by Gasteiger charge is 2.46. The summed E-state index contributed by atoms with van der Waals surface area (Å²) in [6.45, 7) is 5.31. The van der Waals surface area contributed by atoms with Crippen molar-refractivity contribution in [3.63, 3.8) is 0 Å². The minimum atomic E-state index is -0.535. The number of hydrogen-bond acceptors (Lipinski definition) is 2. The van der Waals surface area contributed by atoms with E-state index in [0.717, 1.165) is 57.2 Å². The molecule has 0 radical (unpaired) electrons. The Morgan fingerprint density at radius 1 is 0.386 bits per heavy atom. The van der Waals surface area contributed by atoms with E-state index in [0.29, 0.717) is 0 Å². The third kappa shape index (κ3) is 6.64. The Bertz CT molecular complexity index is 3790. The topological polar surface area (TPSA) is 6.48 Å². The van der Waals surface area contributed by atoms with Crippen molar-refractivity contribution in [2.75, 3.05) is 16.3 Å². The Labute approximate surface area is 409 Å². The number of benzene rings is 11. The molecule has 0 aromatic heterocycles. The molecular formula is C68H48N2. The second-order valence-electron chi connectivity index (χ2n) is 18.5. The molecule has 2 nitrogen and oxygen atoms in total. The predicted molar refractivity (Wildman–Crippen MR) is 297 cm³/mol. The molecule has 0 saturated heterocycles. The van der Waals surface area contributed by atoms with Crippen LogP contribution in [0, 0.1) is 0 Å². The highest BCUT2D eigenvalue weighted by molar-refractivity contribution is 6.25. The molecule has 0 N–H and O–H groups in total. The van der Waals surface area contributed by atoms with Gasteiger partial charge in [0.2, 0.25) is 0 Å². The van der Waals surface area contributed by atoms with E-state index in [2.05, 4.69) is 283 Å². The van der Waals surface area contributed by atoms with Crippen LogP contribution in [0.5, 0.6) is 0 Å². The number of rotatable bonds is 7. The summed E-state index contributed by atoms with van der Waals surface area (Å²) in [7, 11) is 0. The zero-order valence-electron chi connectivity index (χ0n) is 38.7. The fourth-order valence-electron chi connectivity index (χ4n) is 11.5. The summed E-state index contributed by atoms with van der Waals surface area (Å²) in [5.74, 6) is 0. The van der Waals surface area contributed by atoms with Gasteiger partial charge in [-0.25, -0.2) is 0 Å². The summed E-state index contributed by atoms with van der Waals surface area (Å²) in [6, 6.07) is 89.6. The van der Waals surface area contributed by atoms with Gasteiger partial charge < -0.3 is 9.80 Å². The molecule has 0 saturated carbocycles. The van der Waals surface area contributed by atoms with E-state index in [9.17, 15) is 0 Å². The zero-order chi connectivity index (χ0) is 46.6. The number of hydrogen-bond donors (Lipinski definition) is 0. The van der Waals surface area contributed by atoms with Gasteiger partial charge in [-0.15, -0.1) is 0 Å². The minimum Gasteiger partial charge on any atom is -0.337 e. The van der Waals surface area contributed by atoms with Crippen LogP contribution in [-0.4, -0.2) is 6.54 Å². The summed E-state index contributed by atoms with van der Waals surface area (Å²) in [4.78, 5) is 4.82. The lowest BCUT2D eigenvalue weighted by molar-refractivity contribution is 0.768. The van der Waals surface area contributed by atoms with E-state index in [1.807, 2.05) is 0 Å². The molecule has 1 aliphatic heterocycles. The third-order valence-corrected chi connectivity index (χ3v) is 14.7. The smallest absolute Gasteiger partial charge is 0.0714 e. The Morgan fingerprint density at radius 3 is 1.60 bits per heavy atom. The quantitative estimate of drug-likeness (QED) is 0.147. The molecule has 330 valence electrons. The van der Waals surface area contributed by atoms with Gasteiger partial charge in [0.05, 0.1) is 5.41 Å². The number of fused-ring (bicyclic) bond motifs is 10. The largest absolute Gasteiger partial charge is 0.337 e. The average molecular weight is 893 g/mol. The first kappa shape index (κ1) is 41.2. The minimum absolute atomic E-state index is 0.535. The Balaban J connectivity index is 1.01. The van der Waals surface area contributed by atoms with Crippen LogP contribution in [0.1, 0.15) is 27.8 Å². The molecule has 0 fully saturated rings. The molecule has 0 amide bonds. The van der Waals surface area contributed by atoms with Crippen molar-refractivity contribution in [1.29, 1.82) is 0 Å². The molecule has 0 spiro atoms. The molecule has 0 bridgehead atoms. The molecule has 13 rings (SSSR count). The zero-order valence-corrected chi connectivity index (χ0v) is 38.7. The van der Waals surface area contributed by atoms with E-state index in [1.54, 1.807) is 0 Å². The summed E-state index contributed by atoms with van der Waals surface area (Å²) in [6.07, 6.45) is 8.52. The van der Waals surface area contributed by atoms with Crippen molar-refractivity contribution in [3.8, 4) is 22.3 Å². The van der Waals surface area contributed by atoms with Gasteiger partial charge in [0, 0.05) is 40.5 Å². The maximum Gasteiger partial charge on any atom is 0.0714 e. The average Bonchev–Trinajstić information content (AvgIpc) is 3.76. The first-order chi connectivity index (χ1) is 34.6. The van der Waals surface area contributed by atoms with Gasteiger partial charge in [-0.2, -0.15) is 0 Å². The van der Waals surface area contributed by atoms with Crippen LogP contribution in [0.3, 0.4) is 0 Å². The van der Waals surface area contributed by atoms with Crippen LogP contribution >= 0.6 is 0 Å². The van der Waals surface area contributed by atoms with E-state index in [1.165, 1.54) is 65.7 Å². The SMILES string of the molecule is C=C1/C=C\C=C/CN(c2ccccc2)c2ccc(-c3ccc(N(c4ccc5c(c4)C(c4ccccc4)(c4ccccc4)c4ccccc4-5)c4ccc5c6ccccc6c6ccccc6c5c4)cc3)cc21. The molecule has 2 heteroatoms. The standard InChI is InChI=1S/C68H48N2/c1-47-20-6-5-19-43-69(52-25-11-4-12-26-52)67-42-35-49(44-63(47)67)48-33-36-53(37-34-48)70(54-38-40-60-58-29-14-13-27-56(58)57-28-15-16-30-59(57)64(60)45-54)55-39-41-62-61-31-17-18-32-65(61)68(66(62)46-55,50-21-7-2-8-22-50)51-23-9-3-10-24-51/h2-42,44-46H,1,43H2/b19-5-,20-6-. The molecule has 1 heterocycles. The molecule has 70 heavy (non-hydrogen) atoms. The summed E-state index contributed by atoms with van der Waals surface area (Å²) < 4.78 is 0. The maximum absolute atomic E-state index is 4.56. The van der Waals surface area contributed by atoms with Gasteiger partial charge in [-0.3, -0.25) is 0 Å². The fraction of sp³-hybridized carbons (Fsp3) is 0.0294. The van der Waals surface area contributed by atoms with Crippen LogP contribution in [0.2, 0.25) is 0 Å². The summed E-state index contributed by atoms with van der Waals surface area (Å²) >= 11 is 0. The lowest BCUT2D eigenvalue weighted by Crippen LogP contribution is -2.28. The molecular weight excluding hydrogens is 845 g/mol. The second-order valence-corrected chi connectivity index (χ2v) is 18.5. The lowest BCUT2D eigenvalue weighted by Gasteiger charge is -2.35. The van der Waals surface area contributed by atoms with Crippen LogP contribution < -0.4 is 9.80 Å². The highest BCUT2D eigenvalue weighted by atomic mass is 15.1. The van der Waals surface area contributed by atoms with Gasteiger partial charge in [0.25, 0.3) is 0 Å². The van der Waals surface area contributed by atoms with Crippen molar-refractivity contribution in [1.82, 2.24) is 0 Å². The van der Waals surface area contributed by atoms with Crippen LogP contribution in [0.25, 0.3) is 60.1 Å². The van der Waals surface area contributed by atoms with Crippen molar-refractivity contribution >= 4 is 66.3 Å². The molecule has 0 unspecified atom stereocenters. The highest BCUT2D eigenvalue weighted by Crippen LogP contribution is 2.57. The molecule has 0 atom stereocenters.